The van der Waals surface area contributed by atoms with Crippen LogP contribution < -0.4 is 0 Å². The molecule has 0 saturated carbocycles. The van der Waals surface area contributed by atoms with Crippen molar-refractivity contribution in [3.63, 3.8) is 0 Å². The summed E-state index contributed by atoms with van der Waals surface area (Å²) >= 11 is 0. The Morgan fingerprint density at radius 3 is 2.59 bits per heavy atom. The first-order chi connectivity index (χ1) is 8.13. The Balaban J connectivity index is 2.39. The first-order valence-corrected chi connectivity index (χ1v) is 6.61. The zero-order valence-corrected chi connectivity index (χ0v) is 11.3. The Kier molecular flexibility index (Phi) is 6.52. The summed E-state index contributed by atoms with van der Waals surface area (Å²) in [6.07, 6.45) is 2.21. The maximum absolute atomic E-state index is 11.5. The minimum atomic E-state index is -0.117. The van der Waals surface area contributed by atoms with Crippen LogP contribution in [0, 0.1) is 5.92 Å². The van der Waals surface area contributed by atoms with Crippen molar-refractivity contribution in [2.75, 3.05) is 32.9 Å². The predicted molar refractivity (Wildman–Crippen MR) is 66.9 cm³/mol. The Labute approximate surface area is 104 Å². The maximum Gasteiger partial charge on any atom is 0.320 e. The highest BCUT2D eigenvalue weighted by Gasteiger charge is 2.21. The molecule has 17 heavy (non-hydrogen) atoms. The molecule has 0 unspecified atom stereocenters. The molecule has 100 valence electrons. The van der Waals surface area contributed by atoms with Crippen molar-refractivity contribution >= 4 is 5.97 Å². The first-order valence-electron chi connectivity index (χ1n) is 6.61. The van der Waals surface area contributed by atoms with Crippen LogP contribution in [0.3, 0.4) is 0 Å². The second-order valence-corrected chi connectivity index (χ2v) is 4.88. The van der Waals surface area contributed by atoms with Crippen LogP contribution in [0.15, 0.2) is 0 Å². The van der Waals surface area contributed by atoms with Gasteiger partial charge in [0.2, 0.25) is 0 Å². The van der Waals surface area contributed by atoms with Crippen molar-refractivity contribution in [2.45, 2.75) is 39.7 Å². The maximum atomic E-state index is 11.5. The molecular formula is C13H25NO3. The SMILES string of the molecule is CCOC(=O)CN(CC1CCOCC1)C(C)C. The fraction of sp³-hybridized carbons (Fsp3) is 0.923. The van der Waals surface area contributed by atoms with Gasteiger partial charge in [-0.05, 0) is 39.5 Å². The molecule has 1 rings (SSSR count). The molecule has 0 bridgehead atoms. The van der Waals surface area contributed by atoms with Gasteiger partial charge in [-0.3, -0.25) is 9.69 Å². The van der Waals surface area contributed by atoms with Crippen LogP contribution in [-0.2, 0) is 14.3 Å². The summed E-state index contributed by atoms with van der Waals surface area (Å²) in [5, 5.41) is 0. The topological polar surface area (TPSA) is 38.8 Å². The van der Waals surface area contributed by atoms with Crippen LogP contribution in [-0.4, -0.2) is 49.8 Å². The Hall–Kier alpha value is -0.610. The van der Waals surface area contributed by atoms with Gasteiger partial charge in [0.25, 0.3) is 0 Å². The van der Waals surface area contributed by atoms with E-state index in [0.717, 1.165) is 32.6 Å². The number of esters is 1. The van der Waals surface area contributed by atoms with Crippen molar-refractivity contribution in [3.05, 3.63) is 0 Å². The molecule has 0 radical (unpaired) electrons. The lowest BCUT2D eigenvalue weighted by molar-refractivity contribution is -0.145. The molecule has 4 heteroatoms. The van der Waals surface area contributed by atoms with Gasteiger partial charge in [0.05, 0.1) is 13.2 Å². The van der Waals surface area contributed by atoms with Crippen molar-refractivity contribution in [3.8, 4) is 0 Å². The summed E-state index contributed by atoms with van der Waals surface area (Å²) in [6, 6.07) is 0.377. The number of carbonyl (C=O) groups excluding carboxylic acids is 1. The quantitative estimate of drug-likeness (QED) is 0.665. The van der Waals surface area contributed by atoms with E-state index in [4.69, 9.17) is 9.47 Å². The molecule has 0 aliphatic carbocycles. The standard InChI is InChI=1S/C13H25NO3/c1-4-17-13(15)10-14(11(2)3)9-12-5-7-16-8-6-12/h11-12H,4-10H2,1-3H3. The highest BCUT2D eigenvalue weighted by molar-refractivity contribution is 5.71. The molecule has 1 aliphatic rings. The lowest BCUT2D eigenvalue weighted by Crippen LogP contribution is -2.41. The van der Waals surface area contributed by atoms with E-state index in [0.29, 0.717) is 25.1 Å². The largest absolute Gasteiger partial charge is 0.465 e. The zero-order valence-electron chi connectivity index (χ0n) is 11.3. The van der Waals surface area contributed by atoms with E-state index in [-0.39, 0.29) is 5.97 Å². The fourth-order valence-corrected chi connectivity index (χ4v) is 2.09. The minimum absolute atomic E-state index is 0.117. The molecule has 0 atom stereocenters. The number of hydrogen-bond acceptors (Lipinski definition) is 4. The number of carbonyl (C=O) groups is 1. The third-order valence-electron chi connectivity index (χ3n) is 3.20. The van der Waals surface area contributed by atoms with Crippen molar-refractivity contribution in [1.82, 2.24) is 4.90 Å². The third-order valence-corrected chi connectivity index (χ3v) is 3.20. The number of ether oxygens (including phenoxy) is 2. The van der Waals surface area contributed by atoms with Gasteiger partial charge in [0.15, 0.2) is 0 Å². The summed E-state index contributed by atoms with van der Waals surface area (Å²) < 4.78 is 10.4. The Morgan fingerprint density at radius 2 is 2.06 bits per heavy atom. The van der Waals surface area contributed by atoms with E-state index >= 15 is 0 Å². The monoisotopic (exact) mass is 243 g/mol. The molecule has 0 aromatic heterocycles. The van der Waals surface area contributed by atoms with Crippen LogP contribution in [0.2, 0.25) is 0 Å². The van der Waals surface area contributed by atoms with Gasteiger partial charge < -0.3 is 9.47 Å². The van der Waals surface area contributed by atoms with Crippen LogP contribution in [0.1, 0.15) is 33.6 Å². The van der Waals surface area contributed by atoms with Crippen LogP contribution in [0.5, 0.6) is 0 Å². The Morgan fingerprint density at radius 1 is 1.41 bits per heavy atom. The summed E-state index contributed by atoms with van der Waals surface area (Å²) in [6.45, 7) is 9.64. The molecule has 4 nitrogen and oxygen atoms in total. The van der Waals surface area contributed by atoms with Crippen LogP contribution in [0.25, 0.3) is 0 Å². The third kappa shape index (κ3) is 5.50. The summed E-state index contributed by atoms with van der Waals surface area (Å²) in [7, 11) is 0. The van der Waals surface area contributed by atoms with E-state index in [9.17, 15) is 4.79 Å². The van der Waals surface area contributed by atoms with Gasteiger partial charge in [-0.1, -0.05) is 0 Å². The van der Waals surface area contributed by atoms with Crippen LogP contribution in [0.4, 0.5) is 0 Å². The molecular weight excluding hydrogens is 218 g/mol. The van der Waals surface area contributed by atoms with E-state index in [1.165, 1.54) is 0 Å². The lowest BCUT2D eigenvalue weighted by Gasteiger charge is -2.31. The zero-order chi connectivity index (χ0) is 12.7. The molecule has 1 saturated heterocycles. The summed E-state index contributed by atoms with van der Waals surface area (Å²) in [5.74, 6) is 0.536. The molecule has 0 aromatic carbocycles. The normalized spacial score (nSPS) is 17.7. The number of nitrogens with zero attached hydrogens (tertiary/aromatic N) is 1. The van der Waals surface area contributed by atoms with Gasteiger partial charge in [-0.15, -0.1) is 0 Å². The minimum Gasteiger partial charge on any atom is -0.465 e. The van der Waals surface area contributed by atoms with E-state index in [2.05, 4.69) is 18.7 Å². The van der Waals surface area contributed by atoms with Crippen molar-refractivity contribution < 1.29 is 14.3 Å². The van der Waals surface area contributed by atoms with Gasteiger partial charge in [-0.25, -0.2) is 0 Å². The predicted octanol–water partition coefficient (Wildman–Crippen LogP) is 1.69. The lowest BCUT2D eigenvalue weighted by atomic mass is 9.99. The van der Waals surface area contributed by atoms with Gasteiger partial charge in [0.1, 0.15) is 0 Å². The van der Waals surface area contributed by atoms with Crippen molar-refractivity contribution in [1.29, 1.82) is 0 Å². The van der Waals surface area contributed by atoms with Crippen molar-refractivity contribution in [2.24, 2.45) is 5.92 Å². The molecule has 0 aromatic rings. The molecule has 0 N–H and O–H groups in total. The highest BCUT2D eigenvalue weighted by atomic mass is 16.5. The van der Waals surface area contributed by atoms with Gasteiger partial charge >= 0.3 is 5.97 Å². The summed E-state index contributed by atoms with van der Waals surface area (Å²) in [4.78, 5) is 13.7. The average Bonchev–Trinajstić information content (AvgIpc) is 2.29. The average molecular weight is 243 g/mol. The summed E-state index contributed by atoms with van der Waals surface area (Å²) in [5.41, 5.74) is 0. The Bertz CT molecular complexity index is 225. The van der Waals surface area contributed by atoms with Gasteiger partial charge in [0, 0.05) is 25.8 Å². The fourth-order valence-electron chi connectivity index (χ4n) is 2.09. The molecule has 0 spiro atoms. The van der Waals surface area contributed by atoms with Crippen LogP contribution >= 0.6 is 0 Å². The van der Waals surface area contributed by atoms with E-state index < -0.39 is 0 Å². The molecule has 1 aliphatic heterocycles. The smallest absolute Gasteiger partial charge is 0.320 e. The molecule has 1 heterocycles. The first kappa shape index (κ1) is 14.5. The molecule has 0 amide bonds. The number of hydrogen-bond donors (Lipinski definition) is 0. The second-order valence-electron chi connectivity index (χ2n) is 4.88. The second kappa shape index (κ2) is 7.67. The highest BCUT2D eigenvalue weighted by Crippen LogP contribution is 2.17. The molecule has 1 fully saturated rings. The number of rotatable bonds is 6. The van der Waals surface area contributed by atoms with Gasteiger partial charge in [-0.2, -0.15) is 0 Å². The van der Waals surface area contributed by atoms with E-state index in [1.54, 1.807) is 0 Å². The van der Waals surface area contributed by atoms with E-state index in [1.807, 2.05) is 6.92 Å².